The minimum Gasteiger partial charge on any atom is -0.496 e. The lowest BCUT2D eigenvalue weighted by Crippen LogP contribution is -2.53. The standard InChI is InChI=1S/C32H40F2N4O5/c1-19-14-25(41-6)22(20-10-12-38(26(19)20)29(40)43-30(2,3)4)16-37-13-11-31(17-32(33,34)18-31)15-24(37)21-8-9-23(28(39)42-7)36-27(21)35-5/h8-10,12,14,24H,11,13,15-18H2,1-7H3,(H,35,36)/t24-/m1/s1. The molecule has 0 unspecified atom stereocenters. The Morgan fingerprint density at radius 2 is 1.88 bits per heavy atom. The second kappa shape index (κ2) is 11.1. The summed E-state index contributed by atoms with van der Waals surface area (Å²) in [5.41, 5.74) is 2.32. The van der Waals surface area contributed by atoms with E-state index in [1.54, 1.807) is 26.4 Å². The summed E-state index contributed by atoms with van der Waals surface area (Å²) in [4.78, 5) is 32.1. The van der Waals surface area contributed by atoms with Crippen molar-refractivity contribution in [2.24, 2.45) is 5.41 Å². The number of benzene rings is 1. The van der Waals surface area contributed by atoms with Crippen molar-refractivity contribution in [3.05, 3.63) is 52.8 Å². The molecule has 1 saturated carbocycles. The monoisotopic (exact) mass is 598 g/mol. The number of ether oxygens (including phenoxy) is 3. The summed E-state index contributed by atoms with van der Waals surface area (Å²) in [6.45, 7) is 8.42. The molecule has 0 radical (unpaired) electrons. The van der Waals surface area contributed by atoms with Gasteiger partial charge in [0.05, 0.1) is 19.7 Å². The van der Waals surface area contributed by atoms with Gasteiger partial charge in [-0.2, -0.15) is 0 Å². The maximum absolute atomic E-state index is 14.2. The third kappa shape index (κ3) is 5.91. The van der Waals surface area contributed by atoms with E-state index >= 15 is 0 Å². The molecule has 1 spiro atoms. The predicted molar refractivity (Wildman–Crippen MR) is 159 cm³/mol. The number of aryl methyl sites for hydroxylation is 1. The number of carbonyl (C=O) groups excluding carboxylic acids is 2. The number of anilines is 1. The van der Waals surface area contributed by atoms with Crippen molar-refractivity contribution in [1.29, 1.82) is 0 Å². The van der Waals surface area contributed by atoms with Gasteiger partial charge in [-0.15, -0.1) is 0 Å². The maximum atomic E-state index is 14.2. The second-order valence-electron chi connectivity index (χ2n) is 12.8. The number of fused-ring (bicyclic) bond motifs is 1. The highest BCUT2D eigenvalue weighted by atomic mass is 19.3. The molecule has 5 rings (SSSR count). The highest BCUT2D eigenvalue weighted by Gasteiger charge is 2.58. The molecule has 43 heavy (non-hydrogen) atoms. The second-order valence-corrected chi connectivity index (χ2v) is 12.8. The van der Waals surface area contributed by atoms with Crippen LogP contribution in [0.1, 0.15) is 79.7 Å². The van der Waals surface area contributed by atoms with E-state index in [0.29, 0.717) is 37.5 Å². The smallest absolute Gasteiger partial charge is 0.419 e. The summed E-state index contributed by atoms with van der Waals surface area (Å²) >= 11 is 0. The van der Waals surface area contributed by atoms with Crippen LogP contribution in [0, 0.1) is 12.3 Å². The number of halogens is 2. The molecule has 1 aromatic carbocycles. The molecule has 9 nitrogen and oxygen atoms in total. The maximum Gasteiger partial charge on any atom is 0.419 e. The zero-order chi connectivity index (χ0) is 31.3. The number of nitrogens with one attached hydrogen (secondary N) is 1. The van der Waals surface area contributed by atoms with E-state index in [2.05, 4.69) is 15.2 Å². The van der Waals surface area contributed by atoms with Gasteiger partial charge in [-0.25, -0.2) is 23.4 Å². The molecule has 1 N–H and O–H groups in total. The number of carbonyl (C=O) groups is 2. The first-order chi connectivity index (χ1) is 20.2. The van der Waals surface area contributed by atoms with Crippen LogP contribution in [0.2, 0.25) is 0 Å². The summed E-state index contributed by atoms with van der Waals surface area (Å²) in [5, 5.41) is 3.95. The molecular weight excluding hydrogens is 558 g/mol. The van der Waals surface area contributed by atoms with Crippen molar-refractivity contribution >= 4 is 28.8 Å². The first-order valence-electron chi connectivity index (χ1n) is 14.5. The lowest BCUT2D eigenvalue weighted by atomic mass is 9.59. The number of aromatic nitrogens is 2. The Kier molecular flexibility index (Phi) is 7.91. The number of likely N-dealkylation sites (tertiary alicyclic amines) is 1. The van der Waals surface area contributed by atoms with Gasteiger partial charge in [-0.05, 0) is 76.3 Å². The molecule has 2 aromatic heterocycles. The Labute approximate surface area is 250 Å². The van der Waals surface area contributed by atoms with Crippen molar-refractivity contribution in [3.8, 4) is 5.75 Å². The van der Waals surface area contributed by atoms with Crippen molar-refractivity contribution in [3.63, 3.8) is 0 Å². The quantitative estimate of drug-likeness (QED) is 0.313. The van der Waals surface area contributed by atoms with Crippen molar-refractivity contribution in [2.45, 2.75) is 77.5 Å². The van der Waals surface area contributed by atoms with Gasteiger partial charge in [0, 0.05) is 55.2 Å². The Bertz CT molecular complexity index is 1550. The van der Waals surface area contributed by atoms with Gasteiger partial charge in [0.1, 0.15) is 17.2 Å². The van der Waals surface area contributed by atoms with E-state index in [1.165, 1.54) is 11.7 Å². The molecule has 232 valence electrons. The van der Waals surface area contributed by atoms with Crippen molar-refractivity contribution in [1.82, 2.24) is 14.5 Å². The molecule has 3 aromatic rings. The van der Waals surface area contributed by atoms with Gasteiger partial charge >= 0.3 is 12.1 Å². The third-order valence-electron chi connectivity index (χ3n) is 8.58. The fraction of sp³-hybridized carbons (Fsp3) is 0.531. The Hall–Kier alpha value is -3.73. The van der Waals surface area contributed by atoms with Crippen LogP contribution in [-0.4, -0.2) is 65.8 Å². The first-order valence-corrected chi connectivity index (χ1v) is 14.5. The number of hydrogen-bond donors (Lipinski definition) is 1. The topological polar surface area (TPSA) is 94.9 Å². The molecule has 0 bridgehead atoms. The van der Waals surface area contributed by atoms with E-state index in [9.17, 15) is 18.4 Å². The van der Waals surface area contributed by atoms with Crippen LogP contribution in [0.25, 0.3) is 10.9 Å². The van der Waals surface area contributed by atoms with Crippen LogP contribution in [-0.2, 0) is 16.0 Å². The van der Waals surface area contributed by atoms with Crippen LogP contribution in [0.5, 0.6) is 5.75 Å². The highest BCUT2D eigenvalue weighted by Crippen LogP contribution is 2.61. The number of methoxy groups -OCH3 is 2. The molecule has 1 aliphatic carbocycles. The number of alkyl halides is 2. The molecule has 3 heterocycles. The summed E-state index contributed by atoms with van der Waals surface area (Å²) < 4.78 is 46.3. The number of rotatable bonds is 6. The summed E-state index contributed by atoms with van der Waals surface area (Å²) in [6, 6.07) is 6.99. The lowest BCUT2D eigenvalue weighted by Gasteiger charge is -2.54. The zero-order valence-corrected chi connectivity index (χ0v) is 25.8. The van der Waals surface area contributed by atoms with Crippen LogP contribution >= 0.6 is 0 Å². The van der Waals surface area contributed by atoms with E-state index in [-0.39, 0.29) is 24.6 Å². The Balaban J connectivity index is 1.57. The Morgan fingerprint density at radius 1 is 1.16 bits per heavy atom. The fourth-order valence-corrected chi connectivity index (χ4v) is 6.77. The number of pyridine rings is 1. The van der Waals surface area contributed by atoms with Gasteiger partial charge < -0.3 is 19.5 Å². The fourth-order valence-electron chi connectivity index (χ4n) is 6.77. The minimum atomic E-state index is -2.65. The number of piperidine rings is 1. The molecule has 1 saturated heterocycles. The normalized spacial score (nSPS) is 19.6. The van der Waals surface area contributed by atoms with Gasteiger partial charge in [0.25, 0.3) is 0 Å². The average Bonchev–Trinajstić information content (AvgIpc) is 3.39. The van der Waals surface area contributed by atoms with Crippen LogP contribution in [0.15, 0.2) is 30.5 Å². The molecule has 1 atom stereocenters. The lowest BCUT2D eigenvalue weighted by molar-refractivity contribution is -0.186. The van der Waals surface area contributed by atoms with E-state index < -0.39 is 29.0 Å². The first kappa shape index (κ1) is 30.7. The molecule has 0 amide bonds. The van der Waals surface area contributed by atoms with Gasteiger partial charge in [-0.3, -0.25) is 9.47 Å². The number of hydrogen-bond acceptors (Lipinski definition) is 8. The molecule has 2 aliphatic rings. The molecule has 1 aliphatic heterocycles. The van der Waals surface area contributed by atoms with Crippen molar-refractivity contribution in [2.75, 3.05) is 33.1 Å². The zero-order valence-electron chi connectivity index (χ0n) is 25.8. The SMILES string of the molecule is CNc1nc(C(=O)OC)ccc1[C@H]1CC2(CCN1Cc1c(OC)cc(C)c3c1ccn3C(=O)OC(C)(C)C)CC(F)(F)C2. The largest absolute Gasteiger partial charge is 0.496 e. The van der Waals surface area contributed by atoms with E-state index in [1.807, 2.05) is 45.9 Å². The highest BCUT2D eigenvalue weighted by molar-refractivity contribution is 5.95. The molecule has 2 fully saturated rings. The summed E-state index contributed by atoms with van der Waals surface area (Å²) in [6.07, 6.45) is 2.13. The van der Waals surface area contributed by atoms with E-state index in [4.69, 9.17) is 14.2 Å². The van der Waals surface area contributed by atoms with Crippen LogP contribution < -0.4 is 10.1 Å². The van der Waals surface area contributed by atoms with Gasteiger partial charge in [0.2, 0.25) is 5.92 Å². The van der Waals surface area contributed by atoms with Gasteiger partial charge in [0.15, 0.2) is 5.69 Å². The third-order valence-corrected chi connectivity index (χ3v) is 8.58. The van der Waals surface area contributed by atoms with Crippen LogP contribution in [0.3, 0.4) is 0 Å². The van der Waals surface area contributed by atoms with Crippen molar-refractivity contribution < 1.29 is 32.6 Å². The summed E-state index contributed by atoms with van der Waals surface area (Å²) in [5.74, 6) is -2.03. The minimum absolute atomic E-state index is 0.135. The predicted octanol–water partition coefficient (Wildman–Crippen LogP) is 6.72. The van der Waals surface area contributed by atoms with Gasteiger partial charge in [-0.1, -0.05) is 6.07 Å². The average molecular weight is 599 g/mol. The van der Waals surface area contributed by atoms with Crippen LogP contribution in [0.4, 0.5) is 19.4 Å². The Morgan fingerprint density at radius 3 is 2.49 bits per heavy atom. The number of esters is 1. The summed E-state index contributed by atoms with van der Waals surface area (Å²) in [7, 11) is 4.63. The van der Waals surface area contributed by atoms with E-state index in [0.717, 1.165) is 27.6 Å². The molecule has 11 heteroatoms. The number of nitrogens with zero attached hydrogens (tertiary/aromatic N) is 3. The molecular formula is C32H40F2N4O5.